The highest BCUT2D eigenvalue weighted by molar-refractivity contribution is 6.00. The van der Waals surface area contributed by atoms with Gasteiger partial charge in [0.25, 0.3) is 0 Å². The van der Waals surface area contributed by atoms with Crippen LogP contribution in [0.4, 0.5) is 0 Å². The van der Waals surface area contributed by atoms with Crippen LogP contribution in [0, 0.1) is 20.8 Å². The second-order valence-corrected chi connectivity index (χ2v) is 48.9. The molecule has 0 atom stereocenters. The van der Waals surface area contributed by atoms with Crippen molar-refractivity contribution in [2.45, 2.75) is 236 Å². The zero-order valence-corrected chi connectivity index (χ0v) is 88.4. The van der Waals surface area contributed by atoms with Crippen molar-refractivity contribution >= 4 is 0 Å². The summed E-state index contributed by atoms with van der Waals surface area (Å²) in [7, 11) is 0. The van der Waals surface area contributed by atoms with Crippen LogP contribution in [0.5, 0.6) is 11.5 Å². The van der Waals surface area contributed by atoms with E-state index in [9.17, 15) is 0 Å². The highest BCUT2D eigenvalue weighted by Gasteiger charge is 2.50. The van der Waals surface area contributed by atoms with E-state index < -0.39 is 5.41 Å². The van der Waals surface area contributed by atoms with Crippen LogP contribution < -0.4 is 9.47 Å². The minimum atomic E-state index is -1.19. The molecular weight excluding hydrogens is 1700 g/mol. The molecule has 1 aliphatic carbocycles. The van der Waals surface area contributed by atoms with Crippen LogP contribution in [0.2, 0.25) is 0 Å². The molecule has 0 amide bonds. The smallest absolute Gasteiger partial charge is 0.231 e. The Hall–Kier alpha value is -13.7. The van der Waals surface area contributed by atoms with Gasteiger partial charge in [0.05, 0.1) is 5.41 Å². The van der Waals surface area contributed by atoms with Crippen molar-refractivity contribution in [2.75, 3.05) is 6.79 Å². The SMILES string of the molecule is Cc1cc(C)c(-c2cccc3c2-c2cc4c(cc2C3(c2cc(-c3cc(-c5ccc(C(C)(C)C)cc5)cc(-c5ccc(C(C)(C)C)cc5)c3)cc(-c3cc(-c5ccc(C(C)(C)C)cc5)cc(-c5ccc(C(C)(C)C)cc5)c3)c2)c2cc(-c3cc(-c5ccc(C(C)(C)C)cc5)cc(-c5ccc(C(C)(C)C)cc5)c3)cc(-c3cc(-c5ccc(C(C)(C)C)cc5)cc(-c5ccc(C(C)(C)C)cc5)c3)c2)OCO4)c(C)c1. The van der Waals surface area contributed by atoms with Crippen LogP contribution in [0.3, 0.4) is 0 Å². The van der Waals surface area contributed by atoms with Crippen LogP contribution in [0.25, 0.3) is 156 Å². The molecule has 0 N–H and O–H groups in total. The maximum absolute atomic E-state index is 6.95. The first-order chi connectivity index (χ1) is 66.5. The van der Waals surface area contributed by atoms with Crippen LogP contribution in [0.1, 0.15) is 250 Å². The summed E-state index contributed by atoms with van der Waals surface area (Å²) in [5.41, 5.74) is 48.4. The Balaban J connectivity index is 1.00. The third kappa shape index (κ3) is 19.3. The number of hydrogen-bond donors (Lipinski definition) is 0. The first kappa shape index (κ1) is 96.2. The molecule has 19 rings (SSSR count). The van der Waals surface area contributed by atoms with Crippen molar-refractivity contribution in [1.82, 2.24) is 0 Å². The van der Waals surface area contributed by atoms with Crippen molar-refractivity contribution < 1.29 is 9.47 Å². The molecular formula is C139H140O2. The number of fused-ring (bicyclic) bond motifs is 4. The molecule has 708 valence electrons. The molecule has 17 aromatic rings. The molecule has 0 spiro atoms. The van der Waals surface area contributed by atoms with E-state index in [1.54, 1.807) is 0 Å². The third-order valence-corrected chi connectivity index (χ3v) is 30.1. The fraction of sp³-hybridized carbons (Fsp3) is 0.266. The van der Waals surface area contributed by atoms with E-state index in [4.69, 9.17) is 9.47 Å². The van der Waals surface area contributed by atoms with Gasteiger partial charge in [-0.3, -0.25) is 0 Å². The molecule has 0 saturated carbocycles. The first-order valence-corrected chi connectivity index (χ1v) is 51.0. The molecule has 2 heteroatoms. The van der Waals surface area contributed by atoms with Gasteiger partial charge in [0, 0.05) is 0 Å². The lowest BCUT2D eigenvalue weighted by Gasteiger charge is -2.36. The zero-order chi connectivity index (χ0) is 99.9. The molecule has 0 bridgehead atoms. The number of hydrogen-bond acceptors (Lipinski definition) is 2. The number of ether oxygens (including phenoxy) is 2. The van der Waals surface area contributed by atoms with E-state index in [0.29, 0.717) is 5.75 Å². The van der Waals surface area contributed by atoms with Gasteiger partial charge in [-0.2, -0.15) is 0 Å². The lowest BCUT2D eigenvalue weighted by molar-refractivity contribution is 0.174. The third-order valence-electron chi connectivity index (χ3n) is 30.1. The summed E-state index contributed by atoms with van der Waals surface area (Å²) in [5, 5.41) is 0. The summed E-state index contributed by atoms with van der Waals surface area (Å²) >= 11 is 0. The van der Waals surface area contributed by atoms with Gasteiger partial charge in [-0.05, 0) is 419 Å². The molecule has 0 aromatic heterocycles. The van der Waals surface area contributed by atoms with Crippen molar-refractivity contribution in [3.8, 4) is 167 Å². The molecule has 2 nitrogen and oxygen atoms in total. The van der Waals surface area contributed by atoms with E-state index in [2.05, 4.69) is 533 Å². The molecule has 2 aliphatic rings. The number of aryl methyl sites for hydroxylation is 3. The summed E-state index contributed by atoms with van der Waals surface area (Å²) in [6.07, 6.45) is 0. The van der Waals surface area contributed by atoms with Crippen molar-refractivity contribution in [3.05, 3.63) is 429 Å². The minimum Gasteiger partial charge on any atom is -0.454 e. The van der Waals surface area contributed by atoms with Gasteiger partial charge in [-0.25, -0.2) is 0 Å². The van der Waals surface area contributed by atoms with Gasteiger partial charge in [0.2, 0.25) is 6.79 Å². The molecule has 0 fully saturated rings. The van der Waals surface area contributed by atoms with Gasteiger partial charge in [0.1, 0.15) is 0 Å². The first-order valence-electron chi connectivity index (χ1n) is 51.0. The lowest BCUT2D eigenvalue weighted by Crippen LogP contribution is -2.29. The monoisotopic (exact) mass is 1840 g/mol. The average Bonchev–Trinajstić information content (AvgIpc) is 1.52. The van der Waals surface area contributed by atoms with E-state index in [-0.39, 0.29) is 50.1 Å². The van der Waals surface area contributed by atoms with Crippen LogP contribution >= 0.6 is 0 Å². The predicted molar refractivity (Wildman–Crippen MR) is 604 cm³/mol. The van der Waals surface area contributed by atoms with E-state index in [1.807, 2.05) is 0 Å². The topological polar surface area (TPSA) is 18.5 Å². The summed E-state index contributed by atoms with van der Waals surface area (Å²) in [6, 6.07) is 137. The molecule has 17 aromatic carbocycles. The second-order valence-electron chi connectivity index (χ2n) is 48.9. The zero-order valence-electron chi connectivity index (χ0n) is 88.4. The Kier molecular flexibility index (Phi) is 24.5. The van der Waals surface area contributed by atoms with Gasteiger partial charge < -0.3 is 9.47 Å². The summed E-state index contributed by atoms with van der Waals surface area (Å²) in [5.74, 6) is 1.44. The molecule has 1 aliphatic heterocycles. The van der Waals surface area contributed by atoms with E-state index in [1.165, 1.54) is 66.8 Å². The maximum atomic E-state index is 6.95. The Morgan fingerprint density at radius 3 is 0.574 bits per heavy atom. The van der Waals surface area contributed by atoms with Crippen LogP contribution in [-0.4, -0.2) is 6.79 Å². The highest BCUT2D eigenvalue weighted by atomic mass is 16.7. The van der Waals surface area contributed by atoms with Gasteiger partial charge in [0.15, 0.2) is 11.5 Å². The van der Waals surface area contributed by atoms with Crippen molar-refractivity contribution in [2.24, 2.45) is 0 Å². The van der Waals surface area contributed by atoms with E-state index >= 15 is 0 Å². The summed E-state index contributed by atoms with van der Waals surface area (Å²) < 4.78 is 13.7. The predicted octanol–water partition coefficient (Wildman–Crippen LogP) is 38.8. The normalized spacial score (nSPS) is 13.4. The molecule has 1 heterocycles. The number of rotatable bonds is 15. The van der Waals surface area contributed by atoms with Crippen LogP contribution in [0.15, 0.2) is 346 Å². The lowest BCUT2D eigenvalue weighted by atomic mass is 9.65. The Morgan fingerprint density at radius 1 is 0.177 bits per heavy atom. The van der Waals surface area contributed by atoms with Crippen molar-refractivity contribution in [3.63, 3.8) is 0 Å². The standard InChI is InChI=1S/C139H140O2/c1-86-63-87(2)129(88(3)64-86)123-29-28-30-125-130(123)124-83-127-128(141-85-140-127)84-126(124)139(125,121-79-109(105-69-97(89-31-47-113(48-32-89)131(4,5)6)65-98(70-105)90-33-49-114(50-34-90)132(7,8)9)77-110(80-121)106-71-99(91-35-51-115(52-36-91)133(10,11)12)66-100(72-106)92-37-53-116(54-38-92)134(13,14)15)122-81-111(107-73-101(93-39-55-117(56-40-93)135(16,17)18)67-102(74-107)94-41-57-118(58-42-94)136(19,20)21)78-112(82-122)108-75-103(95-43-59-119(60-44-95)137(22,23)24)68-104(76-108)96-45-61-120(62-46-96)138(25,26)27/h28-84H,85H2,1-27H3. The highest BCUT2D eigenvalue weighted by Crippen LogP contribution is 2.63. The van der Waals surface area contributed by atoms with Crippen molar-refractivity contribution in [1.29, 1.82) is 0 Å². The fourth-order valence-corrected chi connectivity index (χ4v) is 21.5. The molecule has 141 heavy (non-hydrogen) atoms. The quantitative estimate of drug-likeness (QED) is 0.102. The minimum absolute atomic E-state index is 0.0543. The van der Waals surface area contributed by atoms with Gasteiger partial charge >= 0.3 is 0 Å². The maximum Gasteiger partial charge on any atom is 0.231 e. The summed E-state index contributed by atoms with van der Waals surface area (Å²) in [6.45, 7) is 62.4. The van der Waals surface area contributed by atoms with Gasteiger partial charge in [-0.15, -0.1) is 0 Å². The molecule has 0 saturated heterocycles. The second kappa shape index (κ2) is 35.8. The van der Waals surface area contributed by atoms with Gasteiger partial charge in [-0.1, -0.05) is 396 Å². The van der Waals surface area contributed by atoms with Crippen LogP contribution in [-0.2, 0) is 48.7 Å². The largest absolute Gasteiger partial charge is 0.454 e. The Morgan fingerprint density at radius 2 is 0.369 bits per heavy atom. The Labute approximate surface area is 842 Å². The Bertz CT molecular complexity index is 6580. The molecule has 0 unspecified atom stereocenters. The molecule has 0 radical (unpaired) electrons. The fourth-order valence-electron chi connectivity index (χ4n) is 21.5. The number of benzene rings is 17. The average molecular weight is 1840 g/mol. The summed E-state index contributed by atoms with van der Waals surface area (Å²) in [4.78, 5) is 0. The van der Waals surface area contributed by atoms with E-state index in [0.717, 1.165) is 178 Å².